The van der Waals surface area contributed by atoms with Crippen LogP contribution < -0.4 is 10.6 Å². The van der Waals surface area contributed by atoms with Crippen LogP contribution in [0, 0.1) is 5.82 Å². The number of halogens is 1. The fourth-order valence-corrected chi connectivity index (χ4v) is 2.91. The second-order valence-electron chi connectivity index (χ2n) is 6.59. The molecular weight excluding hydrogens is 383 g/mol. The lowest BCUT2D eigenvalue weighted by molar-refractivity contribution is 0.0951. The van der Waals surface area contributed by atoms with Crippen LogP contribution in [0.2, 0.25) is 0 Å². The van der Waals surface area contributed by atoms with E-state index in [2.05, 4.69) is 20.6 Å². The van der Waals surface area contributed by atoms with Crippen molar-refractivity contribution in [2.75, 3.05) is 5.32 Å². The molecule has 7 heteroatoms. The first-order valence-corrected chi connectivity index (χ1v) is 9.39. The Morgan fingerprint density at radius 3 is 2.57 bits per heavy atom. The fourth-order valence-electron chi connectivity index (χ4n) is 2.91. The molecule has 3 aromatic heterocycles. The molecule has 0 radical (unpaired) electrons. The van der Waals surface area contributed by atoms with E-state index in [0.717, 1.165) is 11.1 Å². The third-order valence-electron chi connectivity index (χ3n) is 4.46. The van der Waals surface area contributed by atoms with Gasteiger partial charge in [0.1, 0.15) is 17.3 Å². The van der Waals surface area contributed by atoms with Gasteiger partial charge in [-0.1, -0.05) is 18.2 Å². The molecule has 6 nitrogen and oxygen atoms in total. The van der Waals surface area contributed by atoms with Gasteiger partial charge < -0.3 is 15.1 Å². The molecule has 2 N–H and O–H groups in total. The van der Waals surface area contributed by atoms with Crippen molar-refractivity contribution in [3.8, 4) is 11.5 Å². The molecule has 0 aliphatic heterocycles. The Hall–Kier alpha value is -4.00. The van der Waals surface area contributed by atoms with Crippen LogP contribution in [0.5, 0.6) is 0 Å². The number of furan rings is 1. The predicted octanol–water partition coefficient (Wildman–Crippen LogP) is 4.42. The molecule has 0 aliphatic rings. The number of pyridine rings is 2. The van der Waals surface area contributed by atoms with Crippen molar-refractivity contribution in [1.29, 1.82) is 0 Å². The quantitative estimate of drug-likeness (QED) is 0.478. The second-order valence-corrected chi connectivity index (χ2v) is 6.59. The van der Waals surface area contributed by atoms with Gasteiger partial charge in [-0.3, -0.25) is 9.78 Å². The number of hydrogen-bond acceptors (Lipinski definition) is 5. The van der Waals surface area contributed by atoms with Crippen molar-refractivity contribution in [2.24, 2.45) is 0 Å². The van der Waals surface area contributed by atoms with Crippen molar-refractivity contribution in [1.82, 2.24) is 15.3 Å². The minimum atomic E-state index is -0.315. The fraction of sp³-hybridized carbons (Fsp3) is 0.0870. The minimum absolute atomic E-state index is 0.279. The summed E-state index contributed by atoms with van der Waals surface area (Å²) in [5.74, 6) is 0.443. The number of carbonyl (C=O) groups is 1. The molecule has 0 spiro atoms. The Labute approximate surface area is 172 Å². The second kappa shape index (κ2) is 9.00. The average Bonchev–Trinajstić information content (AvgIpc) is 3.33. The topological polar surface area (TPSA) is 80.0 Å². The summed E-state index contributed by atoms with van der Waals surface area (Å²) in [5, 5.41) is 6.07. The number of rotatable bonds is 7. The van der Waals surface area contributed by atoms with Crippen LogP contribution in [0.3, 0.4) is 0 Å². The molecule has 0 atom stereocenters. The van der Waals surface area contributed by atoms with Crippen molar-refractivity contribution in [3.05, 3.63) is 102 Å². The lowest BCUT2D eigenvalue weighted by atomic mass is 10.1. The van der Waals surface area contributed by atoms with Gasteiger partial charge in [0.25, 0.3) is 5.91 Å². The highest BCUT2D eigenvalue weighted by Crippen LogP contribution is 2.23. The number of amides is 1. The van der Waals surface area contributed by atoms with Crippen LogP contribution in [0.25, 0.3) is 11.5 Å². The first-order chi connectivity index (χ1) is 14.7. The first kappa shape index (κ1) is 19.3. The summed E-state index contributed by atoms with van der Waals surface area (Å²) in [4.78, 5) is 21.5. The van der Waals surface area contributed by atoms with E-state index in [1.54, 1.807) is 49.0 Å². The average molecular weight is 402 g/mol. The monoisotopic (exact) mass is 402 g/mol. The van der Waals surface area contributed by atoms with Crippen LogP contribution in [0.15, 0.2) is 83.7 Å². The summed E-state index contributed by atoms with van der Waals surface area (Å²) in [5.41, 5.74) is 2.77. The van der Waals surface area contributed by atoms with Gasteiger partial charge in [-0.05, 0) is 53.6 Å². The molecule has 0 bridgehead atoms. The smallest absolute Gasteiger partial charge is 0.255 e. The van der Waals surface area contributed by atoms with Gasteiger partial charge in [0.15, 0.2) is 5.76 Å². The molecule has 1 amide bonds. The van der Waals surface area contributed by atoms with E-state index in [-0.39, 0.29) is 18.3 Å². The van der Waals surface area contributed by atoms with E-state index >= 15 is 0 Å². The summed E-state index contributed by atoms with van der Waals surface area (Å²) >= 11 is 0. The van der Waals surface area contributed by atoms with E-state index in [9.17, 15) is 9.18 Å². The van der Waals surface area contributed by atoms with Crippen LogP contribution in [0.4, 0.5) is 10.2 Å². The van der Waals surface area contributed by atoms with E-state index < -0.39 is 0 Å². The van der Waals surface area contributed by atoms with Crippen molar-refractivity contribution in [2.45, 2.75) is 13.1 Å². The molecule has 0 fully saturated rings. The Kier molecular flexibility index (Phi) is 5.80. The molecule has 1 aromatic carbocycles. The van der Waals surface area contributed by atoms with Gasteiger partial charge in [-0.25, -0.2) is 9.37 Å². The highest BCUT2D eigenvalue weighted by Gasteiger charge is 2.15. The summed E-state index contributed by atoms with van der Waals surface area (Å²) in [6.45, 7) is 0.738. The van der Waals surface area contributed by atoms with E-state index in [1.807, 2.05) is 18.2 Å². The van der Waals surface area contributed by atoms with Gasteiger partial charge in [-0.15, -0.1) is 0 Å². The Morgan fingerprint density at radius 1 is 0.967 bits per heavy atom. The van der Waals surface area contributed by atoms with Gasteiger partial charge in [0.2, 0.25) is 0 Å². The molecule has 4 aromatic rings. The number of hydrogen-bond donors (Lipinski definition) is 2. The number of benzene rings is 1. The van der Waals surface area contributed by atoms with E-state index in [0.29, 0.717) is 29.4 Å². The normalized spacial score (nSPS) is 10.6. The zero-order valence-corrected chi connectivity index (χ0v) is 16.0. The van der Waals surface area contributed by atoms with Crippen LogP contribution in [0.1, 0.15) is 21.5 Å². The van der Waals surface area contributed by atoms with E-state index in [4.69, 9.17) is 4.42 Å². The zero-order valence-electron chi connectivity index (χ0n) is 16.0. The Balaban J connectivity index is 1.55. The number of aromatic nitrogens is 2. The Bertz CT molecular complexity index is 1110. The molecule has 30 heavy (non-hydrogen) atoms. The number of nitrogens with one attached hydrogen (secondary N) is 2. The molecule has 0 aliphatic carbocycles. The minimum Gasteiger partial charge on any atom is -0.463 e. The number of nitrogens with zero attached hydrogens (tertiary/aromatic N) is 2. The highest BCUT2D eigenvalue weighted by atomic mass is 19.1. The lowest BCUT2D eigenvalue weighted by Gasteiger charge is -2.13. The third-order valence-corrected chi connectivity index (χ3v) is 4.46. The van der Waals surface area contributed by atoms with Gasteiger partial charge in [-0.2, -0.15) is 0 Å². The maximum atomic E-state index is 13.1. The van der Waals surface area contributed by atoms with Gasteiger partial charge in [0, 0.05) is 25.5 Å². The predicted molar refractivity (Wildman–Crippen MR) is 111 cm³/mol. The molecule has 4 rings (SSSR count). The number of anilines is 1. The largest absolute Gasteiger partial charge is 0.463 e. The van der Waals surface area contributed by atoms with Crippen molar-refractivity contribution >= 4 is 11.7 Å². The zero-order chi connectivity index (χ0) is 20.8. The Morgan fingerprint density at radius 2 is 1.83 bits per heavy atom. The van der Waals surface area contributed by atoms with Crippen molar-refractivity contribution in [3.63, 3.8) is 0 Å². The molecule has 150 valence electrons. The molecule has 0 saturated heterocycles. The number of carbonyl (C=O) groups excluding carboxylic acids is 1. The lowest BCUT2D eigenvalue weighted by Crippen LogP contribution is -2.24. The molecule has 0 unspecified atom stereocenters. The summed E-state index contributed by atoms with van der Waals surface area (Å²) in [7, 11) is 0. The standard InChI is InChI=1S/C23H19FN4O2/c24-18-7-5-16(6-8-18)14-27-23(29)19-9-10-20(21-4-2-12-30-21)28-22(19)26-15-17-3-1-11-25-13-17/h1-13H,14-15H2,(H,26,28)(H,27,29). The molecule has 0 saturated carbocycles. The SMILES string of the molecule is O=C(NCc1ccc(F)cc1)c1ccc(-c2ccco2)nc1NCc1cccnc1. The third kappa shape index (κ3) is 4.70. The first-order valence-electron chi connectivity index (χ1n) is 9.39. The summed E-state index contributed by atoms with van der Waals surface area (Å²) in [6, 6.07) is 16.8. The molecule has 3 heterocycles. The van der Waals surface area contributed by atoms with Crippen LogP contribution in [-0.4, -0.2) is 15.9 Å². The maximum absolute atomic E-state index is 13.1. The summed E-state index contributed by atoms with van der Waals surface area (Å²) in [6.07, 6.45) is 5.02. The highest BCUT2D eigenvalue weighted by molar-refractivity contribution is 5.99. The summed E-state index contributed by atoms with van der Waals surface area (Å²) < 4.78 is 18.5. The van der Waals surface area contributed by atoms with Gasteiger partial charge >= 0.3 is 0 Å². The van der Waals surface area contributed by atoms with Crippen LogP contribution in [-0.2, 0) is 13.1 Å². The molecular formula is C23H19FN4O2. The van der Waals surface area contributed by atoms with E-state index in [1.165, 1.54) is 12.1 Å². The maximum Gasteiger partial charge on any atom is 0.255 e. The van der Waals surface area contributed by atoms with Crippen molar-refractivity contribution < 1.29 is 13.6 Å². The van der Waals surface area contributed by atoms with Crippen LogP contribution >= 0.6 is 0 Å². The van der Waals surface area contributed by atoms with Gasteiger partial charge in [0.05, 0.1) is 11.8 Å².